The maximum Gasteiger partial charge on any atom is 0.436 e. The summed E-state index contributed by atoms with van der Waals surface area (Å²) in [6, 6.07) is 0. The van der Waals surface area contributed by atoms with E-state index < -0.39 is 28.8 Å². The van der Waals surface area contributed by atoms with E-state index >= 15 is 0 Å². The van der Waals surface area contributed by atoms with Crippen LogP contribution in [0, 0.1) is 6.92 Å². The number of halogens is 4. The van der Waals surface area contributed by atoms with Crippen molar-refractivity contribution in [1.29, 1.82) is 0 Å². The molecule has 0 saturated heterocycles. The number of rotatable bonds is 5. The fourth-order valence-electron chi connectivity index (χ4n) is 1.46. The number of ether oxygens (including phenoxy) is 1. The number of nitrogens with zero attached hydrogens (tertiary/aromatic N) is 2. The van der Waals surface area contributed by atoms with Crippen molar-refractivity contribution in [3.63, 3.8) is 0 Å². The molecule has 6 nitrogen and oxygen atoms in total. The van der Waals surface area contributed by atoms with Crippen LogP contribution in [0.15, 0.2) is 0 Å². The van der Waals surface area contributed by atoms with Crippen LogP contribution in [0.2, 0.25) is 5.02 Å². The third-order valence-corrected chi connectivity index (χ3v) is 3.06. The van der Waals surface area contributed by atoms with Gasteiger partial charge in [-0.2, -0.15) is 18.3 Å². The number of esters is 1. The lowest BCUT2D eigenvalue weighted by atomic mass is 10.3. The molecule has 0 aliphatic rings. The average Bonchev–Trinajstić information content (AvgIpc) is 2.70. The number of aromatic nitrogens is 2. The lowest BCUT2D eigenvalue weighted by molar-refractivity contribution is -0.142. The van der Waals surface area contributed by atoms with Gasteiger partial charge in [0, 0.05) is 6.42 Å². The minimum absolute atomic E-state index is 0.0887. The van der Waals surface area contributed by atoms with Crippen molar-refractivity contribution in [1.82, 2.24) is 15.1 Å². The lowest BCUT2D eigenvalue weighted by Gasteiger charge is -2.05. The maximum absolute atomic E-state index is 12.6. The molecule has 1 amide bonds. The molecule has 0 aliphatic carbocycles. The summed E-state index contributed by atoms with van der Waals surface area (Å²) in [4.78, 5) is 22.2. The van der Waals surface area contributed by atoms with Gasteiger partial charge >= 0.3 is 12.1 Å². The minimum Gasteiger partial charge on any atom is -0.468 e. The van der Waals surface area contributed by atoms with Crippen molar-refractivity contribution in [2.75, 3.05) is 13.7 Å². The Labute approximate surface area is 123 Å². The fraction of sp³-hybridized carbons (Fsp3) is 0.545. The van der Waals surface area contributed by atoms with Gasteiger partial charge in [0.2, 0.25) is 5.91 Å². The quantitative estimate of drug-likeness (QED) is 0.833. The number of nitrogens with one attached hydrogen (secondary N) is 1. The van der Waals surface area contributed by atoms with Gasteiger partial charge in [0.15, 0.2) is 5.69 Å². The Morgan fingerprint density at radius 1 is 1.43 bits per heavy atom. The number of hydrogen-bond acceptors (Lipinski definition) is 4. The molecule has 1 heterocycles. The molecule has 0 bridgehead atoms. The van der Waals surface area contributed by atoms with Crippen LogP contribution < -0.4 is 5.32 Å². The van der Waals surface area contributed by atoms with Gasteiger partial charge in [0.1, 0.15) is 6.54 Å². The molecule has 0 atom stereocenters. The summed E-state index contributed by atoms with van der Waals surface area (Å²) in [6.45, 7) is 0.980. The normalized spacial score (nSPS) is 11.3. The molecular formula is C11H13ClF3N3O3. The SMILES string of the molecule is COC(=O)CNC(=O)CCn1nc(C(F)(F)F)c(Cl)c1C. The highest BCUT2D eigenvalue weighted by Gasteiger charge is 2.38. The Morgan fingerprint density at radius 3 is 2.52 bits per heavy atom. The highest BCUT2D eigenvalue weighted by molar-refractivity contribution is 6.31. The van der Waals surface area contributed by atoms with Gasteiger partial charge in [-0.05, 0) is 6.92 Å². The van der Waals surface area contributed by atoms with Crippen LogP contribution in [-0.4, -0.2) is 35.3 Å². The summed E-state index contributed by atoms with van der Waals surface area (Å²) in [6.07, 6.45) is -4.80. The van der Waals surface area contributed by atoms with Crippen molar-refractivity contribution >= 4 is 23.5 Å². The molecule has 1 aromatic rings. The molecule has 21 heavy (non-hydrogen) atoms. The molecule has 1 rings (SSSR count). The molecule has 1 aromatic heterocycles. The third kappa shape index (κ3) is 4.62. The standard InChI is InChI=1S/C11H13ClF3N3O3/c1-6-9(12)10(11(13,14)15)17-18(6)4-3-7(19)16-5-8(20)21-2/h3-5H2,1-2H3,(H,16,19). The van der Waals surface area contributed by atoms with Crippen molar-refractivity contribution < 1.29 is 27.5 Å². The molecule has 1 N–H and O–H groups in total. The van der Waals surface area contributed by atoms with E-state index in [1.807, 2.05) is 0 Å². The fourth-order valence-corrected chi connectivity index (χ4v) is 1.70. The molecule has 0 aliphatic heterocycles. The number of carbonyl (C=O) groups excluding carboxylic acids is 2. The average molecular weight is 328 g/mol. The van der Waals surface area contributed by atoms with E-state index in [-0.39, 0.29) is 25.2 Å². The summed E-state index contributed by atoms with van der Waals surface area (Å²) in [7, 11) is 1.17. The largest absolute Gasteiger partial charge is 0.468 e. The Kier molecular flexibility index (Phi) is 5.59. The highest BCUT2D eigenvalue weighted by Crippen LogP contribution is 2.35. The van der Waals surface area contributed by atoms with Crippen LogP contribution in [0.1, 0.15) is 17.8 Å². The van der Waals surface area contributed by atoms with Gasteiger partial charge in [-0.25, -0.2) is 0 Å². The van der Waals surface area contributed by atoms with Gasteiger partial charge in [0.05, 0.1) is 24.4 Å². The van der Waals surface area contributed by atoms with E-state index in [9.17, 15) is 22.8 Å². The van der Waals surface area contributed by atoms with E-state index in [2.05, 4.69) is 15.2 Å². The van der Waals surface area contributed by atoms with Crippen LogP contribution in [0.25, 0.3) is 0 Å². The van der Waals surface area contributed by atoms with Crippen molar-refractivity contribution in [3.8, 4) is 0 Å². The number of hydrogen-bond donors (Lipinski definition) is 1. The molecule has 10 heteroatoms. The Balaban J connectivity index is 2.64. The second-order valence-corrected chi connectivity index (χ2v) is 4.45. The van der Waals surface area contributed by atoms with Crippen molar-refractivity contribution in [2.24, 2.45) is 0 Å². The topological polar surface area (TPSA) is 73.2 Å². The van der Waals surface area contributed by atoms with E-state index in [0.717, 1.165) is 4.68 Å². The van der Waals surface area contributed by atoms with Crippen LogP contribution in [0.4, 0.5) is 13.2 Å². The van der Waals surface area contributed by atoms with Crippen molar-refractivity contribution in [2.45, 2.75) is 26.1 Å². The Morgan fingerprint density at radius 2 is 2.05 bits per heavy atom. The molecule has 0 spiro atoms. The number of carbonyl (C=O) groups is 2. The van der Waals surface area contributed by atoms with E-state index in [1.54, 1.807) is 0 Å². The van der Waals surface area contributed by atoms with Gasteiger partial charge in [-0.15, -0.1) is 0 Å². The lowest BCUT2D eigenvalue weighted by Crippen LogP contribution is -2.30. The zero-order chi connectivity index (χ0) is 16.2. The number of methoxy groups -OCH3 is 1. The summed E-state index contributed by atoms with van der Waals surface area (Å²) < 4.78 is 43.1. The third-order valence-electron chi connectivity index (χ3n) is 2.61. The van der Waals surface area contributed by atoms with Crippen LogP contribution in [0.5, 0.6) is 0 Å². The van der Waals surface area contributed by atoms with E-state index in [1.165, 1.54) is 14.0 Å². The smallest absolute Gasteiger partial charge is 0.436 e. The number of amides is 1. The van der Waals surface area contributed by atoms with Crippen molar-refractivity contribution in [3.05, 3.63) is 16.4 Å². The predicted molar refractivity (Wildman–Crippen MR) is 66.6 cm³/mol. The second-order valence-electron chi connectivity index (χ2n) is 4.07. The van der Waals surface area contributed by atoms with Gasteiger partial charge < -0.3 is 10.1 Å². The number of alkyl halides is 3. The zero-order valence-corrected chi connectivity index (χ0v) is 12.0. The molecule has 0 radical (unpaired) electrons. The van der Waals surface area contributed by atoms with Gasteiger partial charge in [0.25, 0.3) is 0 Å². The van der Waals surface area contributed by atoms with Gasteiger partial charge in [-0.3, -0.25) is 14.3 Å². The van der Waals surface area contributed by atoms with Crippen LogP contribution in [-0.2, 0) is 27.0 Å². The summed E-state index contributed by atoms with van der Waals surface area (Å²) in [5.74, 6) is -1.14. The van der Waals surface area contributed by atoms with Crippen LogP contribution in [0.3, 0.4) is 0 Å². The minimum atomic E-state index is -4.65. The summed E-state index contributed by atoms with van der Waals surface area (Å²) >= 11 is 5.57. The molecule has 0 fully saturated rings. The first-order valence-corrected chi connectivity index (χ1v) is 6.18. The predicted octanol–water partition coefficient (Wildman–Crippen LogP) is 1.54. The molecular weight excluding hydrogens is 315 g/mol. The maximum atomic E-state index is 12.6. The van der Waals surface area contributed by atoms with E-state index in [4.69, 9.17) is 11.6 Å². The summed E-state index contributed by atoms with van der Waals surface area (Å²) in [5, 5.41) is 5.13. The second kappa shape index (κ2) is 6.79. The molecule has 0 saturated carbocycles. The first kappa shape index (κ1) is 17.3. The zero-order valence-electron chi connectivity index (χ0n) is 11.3. The molecule has 118 valence electrons. The Hall–Kier alpha value is -1.77. The highest BCUT2D eigenvalue weighted by atomic mass is 35.5. The Bertz CT molecular complexity index is 543. The first-order valence-electron chi connectivity index (χ1n) is 5.80. The molecule has 0 unspecified atom stereocenters. The number of aryl methyl sites for hydroxylation is 1. The van der Waals surface area contributed by atoms with E-state index in [0.29, 0.717) is 0 Å². The first-order chi connectivity index (χ1) is 9.66. The monoisotopic (exact) mass is 327 g/mol. The summed E-state index contributed by atoms with van der Waals surface area (Å²) in [5.41, 5.74) is -1.07. The molecule has 0 aromatic carbocycles. The van der Waals surface area contributed by atoms with Crippen LogP contribution >= 0.6 is 11.6 Å². The van der Waals surface area contributed by atoms with Gasteiger partial charge in [-0.1, -0.05) is 11.6 Å².